The van der Waals surface area contributed by atoms with Gasteiger partial charge in [-0.25, -0.2) is 0 Å². The summed E-state index contributed by atoms with van der Waals surface area (Å²) in [6, 6.07) is 9.81. The summed E-state index contributed by atoms with van der Waals surface area (Å²) in [4.78, 5) is 4.58. The molecule has 1 aromatic rings. The highest BCUT2D eigenvalue weighted by Gasteiger charge is 2.19. The van der Waals surface area contributed by atoms with Crippen molar-refractivity contribution < 1.29 is 5.11 Å². The Hall–Kier alpha value is -1.83. The van der Waals surface area contributed by atoms with Crippen molar-refractivity contribution in [1.29, 1.82) is 0 Å². The van der Waals surface area contributed by atoms with Crippen molar-refractivity contribution in [2.75, 3.05) is 0 Å². The van der Waals surface area contributed by atoms with Crippen LogP contribution in [0.25, 0.3) is 0 Å². The van der Waals surface area contributed by atoms with E-state index in [9.17, 15) is 5.11 Å². The molecule has 0 radical (unpaired) electrons. The van der Waals surface area contributed by atoms with E-state index in [1.54, 1.807) is 6.08 Å². The molecule has 0 aliphatic heterocycles. The van der Waals surface area contributed by atoms with Crippen LogP contribution in [-0.4, -0.2) is 10.8 Å². The number of allylic oxidation sites excluding steroid dienone is 4. The Labute approximate surface area is 95.7 Å². The largest absolute Gasteiger partial charge is 0.512 e. The molecule has 1 N–H and O–H groups in total. The lowest BCUT2D eigenvalue weighted by Gasteiger charge is -2.18. The second kappa shape index (κ2) is 4.35. The summed E-state index contributed by atoms with van der Waals surface area (Å²) in [6.45, 7) is 3.98. The third-order valence-electron chi connectivity index (χ3n) is 2.77. The molecule has 82 valence electrons. The van der Waals surface area contributed by atoms with Crippen LogP contribution < -0.4 is 0 Å². The molecule has 2 heteroatoms. The van der Waals surface area contributed by atoms with Crippen molar-refractivity contribution in [1.82, 2.24) is 0 Å². The molecule has 0 aromatic heterocycles. The smallest absolute Gasteiger partial charge is 0.101 e. The summed E-state index contributed by atoms with van der Waals surface area (Å²) >= 11 is 0. The van der Waals surface area contributed by atoms with Crippen LogP contribution >= 0.6 is 0 Å². The van der Waals surface area contributed by atoms with Gasteiger partial charge in [0.1, 0.15) is 5.76 Å². The molecule has 0 heterocycles. The highest BCUT2D eigenvalue weighted by atomic mass is 16.3. The van der Waals surface area contributed by atoms with Crippen molar-refractivity contribution in [3.63, 3.8) is 0 Å². The average molecular weight is 213 g/mol. The Morgan fingerprint density at radius 3 is 2.50 bits per heavy atom. The molecule has 0 saturated heterocycles. The number of rotatable bonds is 1. The summed E-state index contributed by atoms with van der Waals surface area (Å²) in [5.74, 6) is 0.352. The van der Waals surface area contributed by atoms with Gasteiger partial charge >= 0.3 is 0 Å². The summed E-state index contributed by atoms with van der Waals surface area (Å²) in [7, 11) is 0. The summed E-state index contributed by atoms with van der Waals surface area (Å²) in [5.41, 5.74) is 2.96. The molecule has 0 amide bonds. The van der Waals surface area contributed by atoms with Gasteiger partial charge in [-0.2, -0.15) is 0 Å². The van der Waals surface area contributed by atoms with Gasteiger partial charge in [0.25, 0.3) is 0 Å². The predicted molar refractivity (Wildman–Crippen MR) is 67.2 cm³/mol. The molecular weight excluding hydrogens is 198 g/mol. The monoisotopic (exact) mass is 213 g/mol. The zero-order valence-corrected chi connectivity index (χ0v) is 9.51. The third kappa shape index (κ3) is 2.06. The Morgan fingerprint density at radius 2 is 1.81 bits per heavy atom. The number of hydrogen-bond donors (Lipinski definition) is 1. The first-order chi connectivity index (χ1) is 7.68. The normalized spacial score (nSPS) is 22.9. The Kier molecular flexibility index (Phi) is 2.91. The van der Waals surface area contributed by atoms with E-state index in [1.807, 2.05) is 50.3 Å². The van der Waals surface area contributed by atoms with Gasteiger partial charge < -0.3 is 5.11 Å². The molecule has 1 aromatic carbocycles. The molecule has 1 aliphatic carbocycles. The molecule has 1 aliphatic rings. The lowest BCUT2D eigenvalue weighted by Crippen LogP contribution is -2.17. The molecule has 0 bridgehead atoms. The van der Waals surface area contributed by atoms with Crippen LogP contribution in [0.15, 0.2) is 58.8 Å². The fourth-order valence-corrected chi connectivity index (χ4v) is 1.75. The van der Waals surface area contributed by atoms with Crippen molar-refractivity contribution >= 4 is 11.4 Å². The van der Waals surface area contributed by atoms with Crippen LogP contribution in [-0.2, 0) is 0 Å². The molecule has 2 rings (SSSR count). The average Bonchev–Trinajstić information content (AvgIpc) is 2.31. The van der Waals surface area contributed by atoms with E-state index >= 15 is 0 Å². The van der Waals surface area contributed by atoms with Crippen LogP contribution in [0.4, 0.5) is 5.69 Å². The van der Waals surface area contributed by atoms with Gasteiger partial charge in [0.15, 0.2) is 0 Å². The molecule has 16 heavy (non-hydrogen) atoms. The van der Waals surface area contributed by atoms with Crippen molar-refractivity contribution in [3.05, 3.63) is 53.8 Å². The quantitative estimate of drug-likeness (QED) is 0.756. The van der Waals surface area contributed by atoms with Gasteiger partial charge in [0.05, 0.1) is 17.3 Å². The summed E-state index contributed by atoms with van der Waals surface area (Å²) in [5, 5.41) is 9.68. The number of para-hydroxylation sites is 1. The van der Waals surface area contributed by atoms with E-state index in [4.69, 9.17) is 0 Å². The van der Waals surface area contributed by atoms with Gasteiger partial charge in [-0.3, -0.25) is 4.99 Å². The minimum Gasteiger partial charge on any atom is -0.512 e. The number of aliphatic hydroxyl groups is 1. The standard InChI is InChI=1S/C14H15NO/c1-10-8-9-13(16)11(2)14(10)15-12-6-4-3-5-7-12/h3-9,11,16H,1-2H3. The van der Waals surface area contributed by atoms with Gasteiger partial charge in [-0.15, -0.1) is 0 Å². The molecule has 1 unspecified atom stereocenters. The number of nitrogens with zero attached hydrogens (tertiary/aromatic N) is 1. The maximum atomic E-state index is 9.68. The van der Waals surface area contributed by atoms with Gasteiger partial charge in [-0.05, 0) is 37.6 Å². The second-order valence-corrected chi connectivity index (χ2v) is 4.00. The minimum absolute atomic E-state index is 0.0230. The number of aliphatic hydroxyl groups excluding tert-OH is 1. The highest BCUT2D eigenvalue weighted by Crippen LogP contribution is 2.23. The van der Waals surface area contributed by atoms with Crippen LogP contribution in [0, 0.1) is 5.92 Å². The molecule has 1 atom stereocenters. The lowest BCUT2D eigenvalue weighted by atomic mass is 9.92. The van der Waals surface area contributed by atoms with Crippen LogP contribution in [0.5, 0.6) is 0 Å². The number of aliphatic imine (C=N–C) groups is 1. The van der Waals surface area contributed by atoms with E-state index < -0.39 is 0 Å². The number of hydrogen-bond acceptors (Lipinski definition) is 2. The van der Waals surface area contributed by atoms with E-state index in [0.29, 0.717) is 5.76 Å². The fourth-order valence-electron chi connectivity index (χ4n) is 1.75. The van der Waals surface area contributed by atoms with Crippen LogP contribution in [0.1, 0.15) is 13.8 Å². The van der Waals surface area contributed by atoms with Crippen LogP contribution in [0.3, 0.4) is 0 Å². The van der Waals surface area contributed by atoms with Gasteiger partial charge in [0, 0.05) is 0 Å². The van der Waals surface area contributed by atoms with E-state index in [0.717, 1.165) is 17.0 Å². The Balaban J connectivity index is 2.38. The van der Waals surface area contributed by atoms with Crippen LogP contribution in [0.2, 0.25) is 0 Å². The summed E-state index contributed by atoms with van der Waals surface area (Å²) in [6.07, 6.45) is 3.64. The summed E-state index contributed by atoms with van der Waals surface area (Å²) < 4.78 is 0. The first kappa shape index (κ1) is 10.7. The van der Waals surface area contributed by atoms with E-state index in [-0.39, 0.29) is 5.92 Å². The fraction of sp³-hybridized carbons (Fsp3) is 0.214. The van der Waals surface area contributed by atoms with E-state index in [1.165, 1.54) is 0 Å². The van der Waals surface area contributed by atoms with Crippen molar-refractivity contribution in [3.8, 4) is 0 Å². The molecule has 0 fully saturated rings. The van der Waals surface area contributed by atoms with Gasteiger partial charge in [0.2, 0.25) is 0 Å². The topological polar surface area (TPSA) is 32.6 Å². The lowest BCUT2D eigenvalue weighted by molar-refractivity contribution is 0.372. The SMILES string of the molecule is CC1=CC=C(O)C(C)C1=Nc1ccccc1. The molecule has 0 spiro atoms. The zero-order valence-electron chi connectivity index (χ0n) is 9.51. The molecule has 2 nitrogen and oxygen atoms in total. The zero-order chi connectivity index (χ0) is 11.5. The van der Waals surface area contributed by atoms with E-state index in [2.05, 4.69) is 4.99 Å². The van der Waals surface area contributed by atoms with Crippen molar-refractivity contribution in [2.45, 2.75) is 13.8 Å². The third-order valence-corrected chi connectivity index (χ3v) is 2.77. The second-order valence-electron chi connectivity index (χ2n) is 4.00. The Bertz CT molecular complexity index is 469. The predicted octanol–water partition coefficient (Wildman–Crippen LogP) is 3.80. The molecular formula is C14H15NO. The number of benzene rings is 1. The first-order valence-electron chi connectivity index (χ1n) is 5.40. The Morgan fingerprint density at radius 1 is 1.12 bits per heavy atom. The van der Waals surface area contributed by atoms with Crippen molar-refractivity contribution in [2.24, 2.45) is 10.9 Å². The first-order valence-corrected chi connectivity index (χ1v) is 5.40. The minimum atomic E-state index is -0.0230. The highest BCUT2D eigenvalue weighted by molar-refractivity contribution is 6.05. The maximum Gasteiger partial charge on any atom is 0.101 e. The van der Waals surface area contributed by atoms with Gasteiger partial charge in [-0.1, -0.05) is 24.3 Å². The molecule has 0 saturated carbocycles. The maximum absolute atomic E-state index is 9.68.